The highest BCUT2D eigenvalue weighted by molar-refractivity contribution is 6.30. The van der Waals surface area contributed by atoms with Gasteiger partial charge in [0.1, 0.15) is 17.5 Å². The number of fused-ring (bicyclic) bond motifs is 1. The van der Waals surface area contributed by atoms with Crippen molar-refractivity contribution in [3.8, 4) is 28.5 Å². The Bertz CT molecular complexity index is 1580. The second kappa shape index (κ2) is 8.11. The van der Waals surface area contributed by atoms with E-state index in [4.69, 9.17) is 11.6 Å². The first-order valence-electron chi connectivity index (χ1n) is 9.93. The van der Waals surface area contributed by atoms with Crippen LogP contribution in [-0.2, 0) is 6.18 Å². The quantitative estimate of drug-likeness (QED) is 0.308. The molecule has 34 heavy (non-hydrogen) atoms. The summed E-state index contributed by atoms with van der Waals surface area (Å²) in [5.41, 5.74) is -0.694. The standard InChI is InChI=1S/C24H13ClF4N4O/c25-15-9-6-13(7-10-15)21-30-19-22(33(21)16-4-2-1-3-5-16)31-20(32-23(19)34)17-11-8-14(12-18(17)26)24(27,28)29/h1-12H,(H,31,32,34). The smallest absolute Gasteiger partial charge is 0.304 e. The van der Waals surface area contributed by atoms with Crippen molar-refractivity contribution in [2.75, 3.05) is 0 Å². The van der Waals surface area contributed by atoms with E-state index in [0.29, 0.717) is 28.2 Å². The molecule has 0 spiro atoms. The highest BCUT2D eigenvalue weighted by Gasteiger charge is 2.31. The zero-order valence-electron chi connectivity index (χ0n) is 17.1. The molecule has 0 atom stereocenters. The maximum absolute atomic E-state index is 14.6. The molecule has 0 unspecified atom stereocenters. The van der Waals surface area contributed by atoms with E-state index in [1.807, 2.05) is 6.07 Å². The number of alkyl halides is 3. The van der Waals surface area contributed by atoms with Crippen molar-refractivity contribution in [2.24, 2.45) is 0 Å². The molecule has 5 aromatic rings. The summed E-state index contributed by atoms with van der Waals surface area (Å²) < 4.78 is 55.1. The van der Waals surface area contributed by atoms with E-state index in [2.05, 4.69) is 15.0 Å². The molecule has 0 saturated carbocycles. The predicted octanol–water partition coefficient (Wildman–Crippen LogP) is 6.25. The van der Waals surface area contributed by atoms with Gasteiger partial charge in [0.05, 0.1) is 11.1 Å². The van der Waals surface area contributed by atoms with Gasteiger partial charge in [0, 0.05) is 16.3 Å². The number of para-hydroxylation sites is 1. The van der Waals surface area contributed by atoms with Crippen LogP contribution in [0.5, 0.6) is 0 Å². The largest absolute Gasteiger partial charge is 0.416 e. The molecule has 0 aliphatic rings. The lowest BCUT2D eigenvalue weighted by Gasteiger charge is -2.10. The van der Waals surface area contributed by atoms with Gasteiger partial charge in [0.2, 0.25) is 0 Å². The Morgan fingerprint density at radius 3 is 2.26 bits per heavy atom. The molecule has 0 fully saturated rings. The molecule has 5 rings (SSSR count). The van der Waals surface area contributed by atoms with Crippen LogP contribution in [-0.4, -0.2) is 19.5 Å². The molecule has 0 amide bonds. The number of imidazole rings is 1. The minimum absolute atomic E-state index is 0.00938. The summed E-state index contributed by atoms with van der Waals surface area (Å²) in [7, 11) is 0. The minimum Gasteiger partial charge on any atom is -0.304 e. The van der Waals surface area contributed by atoms with Crippen LogP contribution in [0.25, 0.3) is 39.6 Å². The predicted molar refractivity (Wildman–Crippen MR) is 120 cm³/mol. The van der Waals surface area contributed by atoms with Crippen LogP contribution >= 0.6 is 11.6 Å². The van der Waals surface area contributed by atoms with E-state index in [-0.39, 0.29) is 22.6 Å². The third-order valence-corrected chi connectivity index (χ3v) is 5.44. The van der Waals surface area contributed by atoms with E-state index < -0.39 is 23.1 Å². The highest BCUT2D eigenvalue weighted by Crippen LogP contribution is 2.33. The normalized spacial score (nSPS) is 11.8. The summed E-state index contributed by atoms with van der Waals surface area (Å²) in [6, 6.07) is 17.8. The Hall–Kier alpha value is -3.98. The lowest BCUT2D eigenvalue weighted by atomic mass is 10.1. The molecule has 0 bridgehead atoms. The average Bonchev–Trinajstić information content (AvgIpc) is 3.19. The molecular formula is C24H13ClF4N4O. The van der Waals surface area contributed by atoms with Gasteiger partial charge < -0.3 is 4.98 Å². The molecule has 0 radical (unpaired) electrons. The number of H-pyrrole nitrogens is 1. The highest BCUT2D eigenvalue weighted by atomic mass is 35.5. The van der Waals surface area contributed by atoms with Crippen LogP contribution in [0.3, 0.4) is 0 Å². The van der Waals surface area contributed by atoms with Crippen molar-refractivity contribution < 1.29 is 17.6 Å². The Morgan fingerprint density at radius 1 is 0.912 bits per heavy atom. The topological polar surface area (TPSA) is 63.6 Å². The van der Waals surface area contributed by atoms with Crippen LogP contribution in [0.2, 0.25) is 5.02 Å². The number of nitrogens with one attached hydrogen (secondary N) is 1. The van der Waals surface area contributed by atoms with Crippen LogP contribution in [0, 0.1) is 5.82 Å². The van der Waals surface area contributed by atoms with E-state index in [0.717, 1.165) is 12.1 Å². The van der Waals surface area contributed by atoms with Gasteiger partial charge >= 0.3 is 6.18 Å². The second-order valence-electron chi connectivity index (χ2n) is 7.39. The minimum atomic E-state index is -4.70. The number of hydrogen-bond donors (Lipinski definition) is 1. The summed E-state index contributed by atoms with van der Waals surface area (Å²) in [5, 5.41) is 0.516. The Labute approximate surface area is 194 Å². The molecule has 1 N–H and O–H groups in total. The summed E-state index contributed by atoms with van der Waals surface area (Å²) >= 11 is 6.00. The van der Waals surface area contributed by atoms with Crippen molar-refractivity contribution >= 4 is 22.8 Å². The van der Waals surface area contributed by atoms with E-state index >= 15 is 0 Å². The van der Waals surface area contributed by atoms with Gasteiger partial charge in [-0.25, -0.2) is 14.4 Å². The van der Waals surface area contributed by atoms with Gasteiger partial charge in [-0.1, -0.05) is 29.8 Å². The number of benzene rings is 3. The summed E-state index contributed by atoms with van der Waals surface area (Å²) in [5.74, 6) is -0.995. The van der Waals surface area contributed by atoms with Gasteiger partial charge in [0.25, 0.3) is 5.56 Å². The number of rotatable bonds is 3. The maximum Gasteiger partial charge on any atom is 0.416 e. The van der Waals surface area contributed by atoms with Crippen molar-refractivity contribution in [2.45, 2.75) is 6.18 Å². The number of halogens is 5. The van der Waals surface area contributed by atoms with Crippen LogP contribution in [0.15, 0.2) is 77.6 Å². The molecule has 2 aromatic heterocycles. The van der Waals surface area contributed by atoms with Crippen LogP contribution in [0.4, 0.5) is 17.6 Å². The molecular weight excluding hydrogens is 472 g/mol. The Morgan fingerprint density at radius 2 is 1.62 bits per heavy atom. The fourth-order valence-electron chi connectivity index (χ4n) is 3.59. The molecule has 5 nitrogen and oxygen atoms in total. The third-order valence-electron chi connectivity index (χ3n) is 5.19. The van der Waals surface area contributed by atoms with Gasteiger partial charge in [-0.3, -0.25) is 9.36 Å². The third kappa shape index (κ3) is 3.84. The van der Waals surface area contributed by atoms with Crippen LogP contribution < -0.4 is 5.56 Å². The van der Waals surface area contributed by atoms with E-state index in [1.54, 1.807) is 53.1 Å². The van der Waals surface area contributed by atoms with Gasteiger partial charge in [-0.15, -0.1) is 0 Å². The van der Waals surface area contributed by atoms with Gasteiger partial charge in [-0.05, 0) is 54.6 Å². The van der Waals surface area contributed by atoms with Crippen LogP contribution in [0.1, 0.15) is 5.56 Å². The molecule has 0 aliphatic heterocycles. The fraction of sp³-hybridized carbons (Fsp3) is 0.0417. The number of aromatic nitrogens is 4. The van der Waals surface area contributed by atoms with E-state index in [9.17, 15) is 22.4 Å². The van der Waals surface area contributed by atoms with Gasteiger partial charge in [0.15, 0.2) is 11.2 Å². The Kier molecular flexibility index (Phi) is 5.21. The number of aromatic amines is 1. The van der Waals surface area contributed by atoms with Crippen molar-refractivity contribution in [1.29, 1.82) is 0 Å². The number of nitrogens with zero attached hydrogens (tertiary/aromatic N) is 3. The number of hydrogen-bond acceptors (Lipinski definition) is 3. The summed E-state index contributed by atoms with van der Waals surface area (Å²) in [6.07, 6.45) is -4.70. The monoisotopic (exact) mass is 484 g/mol. The summed E-state index contributed by atoms with van der Waals surface area (Å²) in [4.78, 5) is 24.2. The molecule has 10 heteroatoms. The first-order valence-corrected chi connectivity index (χ1v) is 10.3. The van der Waals surface area contributed by atoms with Crippen molar-refractivity contribution in [1.82, 2.24) is 19.5 Å². The van der Waals surface area contributed by atoms with Gasteiger partial charge in [-0.2, -0.15) is 13.2 Å². The lowest BCUT2D eigenvalue weighted by Crippen LogP contribution is -2.12. The van der Waals surface area contributed by atoms with Crippen molar-refractivity contribution in [3.05, 3.63) is 99.6 Å². The second-order valence-corrected chi connectivity index (χ2v) is 7.83. The first kappa shape index (κ1) is 21.8. The van der Waals surface area contributed by atoms with Crippen molar-refractivity contribution in [3.63, 3.8) is 0 Å². The SMILES string of the molecule is O=c1[nH]c(-c2ccc(C(F)(F)F)cc2F)nc2c1nc(-c1ccc(Cl)cc1)n2-c1ccccc1. The molecule has 2 heterocycles. The first-order chi connectivity index (χ1) is 16.2. The lowest BCUT2D eigenvalue weighted by molar-refractivity contribution is -0.137. The summed E-state index contributed by atoms with van der Waals surface area (Å²) in [6.45, 7) is 0. The average molecular weight is 485 g/mol. The molecule has 0 aliphatic carbocycles. The molecule has 170 valence electrons. The zero-order valence-corrected chi connectivity index (χ0v) is 17.8. The van der Waals surface area contributed by atoms with E-state index in [1.165, 1.54) is 0 Å². The fourth-order valence-corrected chi connectivity index (χ4v) is 3.72. The Balaban J connectivity index is 1.78. The zero-order chi connectivity index (χ0) is 24.0. The maximum atomic E-state index is 14.6. The molecule has 3 aromatic carbocycles. The molecule has 0 saturated heterocycles.